The van der Waals surface area contributed by atoms with Crippen molar-refractivity contribution in [2.75, 3.05) is 13.4 Å². The minimum atomic E-state index is -0.478. The van der Waals surface area contributed by atoms with Crippen LogP contribution in [0.4, 0.5) is 0 Å². The van der Waals surface area contributed by atoms with Crippen molar-refractivity contribution in [2.45, 2.75) is 64.3 Å². The molecule has 0 amide bonds. The fourth-order valence-electron chi connectivity index (χ4n) is 2.94. The minimum absolute atomic E-state index is 0.0639. The first-order chi connectivity index (χ1) is 11.6. The summed E-state index contributed by atoms with van der Waals surface area (Å²) in [4.78, 5) is 0. The van der Waals surface area contributed by atoms with E-state index in [1.165, 1.54) is 24.8 Å². The lowest BCUT2D eigenvalue weighted by atomic mass is 10.0. The molecule has 4 heteroatoms. The van der Waals surface area contributed by atoms with Crippen molar-refractivity contribution in [2.24, 2.45) is 0 Å². The van der Waals surface area contributed by atoms with Crippen molar-refractivity contribution in [1.82, 2.24) is 0 Å². The van der Waals surface area contributed by atoms with E-state index in [2.05, 4.69) is 24.0 Å². The number of fused-ring (bicyclic) bond motifs is 1. The maximum atomic E-state index is 5.66. The molecule has 0 saturated carbocycles. The number of unbranched alkanes of at least 4 members (excludes halogenated alkanes) is 4. The molecule has 2 heterocycles. The summed E-state index contributed by atoms with van der Waals surface area (Å²) >= 11 is 0. The predicted octanol–water partition coefficient (Wildman–Crippen LogP) is 4.06. The van der Waals surface area contributed by atoms with Gasteiger partial charge in [0, 0.05) is 6.42 Å². The van der Waals surface area contributed by atoms with E-state index < -0.39 is 5.79 Å². The number of rotatable bonds is 6. The zero-order valence-corrected chi connectivity index (χ0v) is 14.6. The first-order valence-electron chi connectivity index (χ1n) is 8.81. The van der Waals surface area contributed by atoms with Crippen LogP contribution < -0.4 is 9.47 Å². The van der Waals surface area contributed by atoms with E-state index >= 15 is 0 Å². The molecule has 0 aromatic heterocycles. The molecule has 24 heavy (non-hydrogen) atoms. The molecule has 130 valence electrons. The van der Waals surface area contributed by atoms with Crippen molar-refractivity contribution in [1.29, 1.82) is 0 Å². The Hall–Kier alpha value is -1.70. The molecule has 1 fully saturated rings. The van der Waals surface area contributed by atoms with Gasteiger partial charge in [-0.2, -0.15) is 0 Å². The van der Waals surface area contributed by atoms with Gasteiger partial charge in [-0.05, 0) is 50.8 Å². The van der Waals surface area contributed by atoms with Crippen molar-refractivity contribution in [3.63, 3.8) is 0 Å². The Kier molecular flexibility index (Phi) is 5.65. The zero-order chi connectivity index (χ0) is 16.8. The van der Waals surface area contributed by atoms with Gasteiger partial charge in [0.2, 0.25) is 6.79 Å². The van der Waals surface area contributed by atoms with E-state index in [0.29, 0.717) is 13.4 Å². The van der Waals surface area contributed by atoms with Crippen LogP contribution >= 0.6 is 0 Å². The first-order valence-corrected chi connectivity index (χ1v) is 8.81. The van der Waals surface area contributed by atoms with Crippen LogP contribution in [0.5, 0.6) is 11.5 Å². The van der Waals surface area contributed by atoms with Gasteiger partial charge in [-0.15, -0.1) is 5.92 Å². The highest BCUT2D eigenvalue weighted by Crippen LogP contribution is 2.32. The second-order valence-electron chi connectivity index (χ2n) is 6.74. The molecule has 0 aliphatic carbocycles. The molecular formula is C20H26O4. The fraction of sp³-hybridized carbons (Fsp3) is 0.600. The molecule has 0 unspecified atom stereocenters. The number of ether oxygens (including phenoxy) is 4. The third-order valence-corrected chi connectivity index (χ3v) is 4.23. The maximum Gasteiger partial charge on any atom is 0.231 e. The molecule has 0 N–H and O–H groups in total. The summed E-state index contributed by atoms with van der Waals surface area (Å²) < 4.78 is 21.9. The van der Waals surface area contributed by atoms with E-state index in [9.17, 15) is 0 Å². The van der Waals surface area contributed by atoms with E-state index in [0.717, 1.165) is 30.8 Å². The predicted molar refractivity (Wildman–Crippen MR) is 92.0 cm³/mol. The van der Waals surface area contributed by atoms with Crippen LogP contribution in [0.15, 0.2) is 18.2 Å². The summed E-state index contributed by atoms with van der Waals surface area (Å²) in [5.74, 6) is 7.63. The van der Waals surface area contributed by atoms with Crippen molar-refractivity contribution >= 4 is 0 Å². The lowest BCUT2D eigenvalue weighted by molar-refractivity contribution is -0.132. The Morgan fingerprint density at radius 1 is 1.08 bits per heavy atom. The van der Waals surface area contributed by atoms with Gasteiger partial charge in [-0.1, -0.05) is 24.8 Å². The van der Waals surface area contributed by atoms with Gasteiger partial charge in [-0.3, -0.25) is 0 Å². The third-order valence-electron chi connectivity index (χ3n) is 4.23. The quantitative estimate of drug-likeness (QED) is 0.582. The number of aryl methyl sites for hydroxylation is 1. The largest absolute Gasteiger partial charge is 0.454 e. The second kappa shape index (κ2) is 7.92. The molecule has 1 aromatic carbocycles. The highest BCUT2D eigenvalue weighted by Gasteiger charge is 2.31. The Labute approximate surface area is 144 Å². The molecule has 3 rings (SSSR count). The van der Waals surface area contributed by atoms with Crippen LogP contribution in [0.25, 0.3) is 0 Å². The van der Waals surface area contributed by atoms with Gasteiger partial charge in [0.25, 0.3) is 0 Å². The standard InChI is InChI=1S/C20H26O4/c1-20(2)23-14-17(24-20)10-8-6-4-3-5-7-9-16-11-12-18-19(13-16)22-15-21-18/h11-13,17H,3-7,9,14-15H2,1-2H3/t17-/m0/s1. The summed E-state index contributed by atoms with van der Waals surface area (Å²) in [6.07, 6.45) is 6.74. The number of hydrogen-bond acceptors (Lipinski definition) is 4. The smallest absolute Gasteiger partial charge is 0.231 e. The molecule has 1 aromatic rings. The highest BCUT2D eigenvalue weighted by atomic mass is 16.7. The summed E-state index contributed by atoms with van der Waals surface area (Å²) in [6, 6.07) is 6.23. The van der Waals surface area contributed by atoms with Crippen molar-refractivity contribution < 1.29 is 18.9 Å². The Morgan fingerprint density at radius 2 is 1.92 bits per heavy atom. The van der Waals surface area contributed by atoms with E-state index in [1.54, 1.807) is 0 Å². The molecule has 0 bridgehead atoms. The number of hydrogen-bond donors (Lipinski definition) is 0. The van der Waals surface area contributed by atoms with Gasteiger partial charge in [0.05, 0.1) is 6.61 Å². The van der Waals surface area contributed by atoms with Gasteiger partial charge >= 0.3 is 0 Å². The highest BCUT2D eigenvalue weighted by molar-refractivity contribution is 5.44. The average Bonchev–Trinajstić information content (AvgIpc) is 3.15. The lowest BCUT2D eigenvalue weighted by Gasteiger charge is -2.14. The molecule has 0 spiro atoms. The first kappa shape index (κ1) is 17.1. The van der Waals surface area contributed by atoms with Gasteiger partial charge in [0.15, 0.2) is 17.3 Å². The molecule has 0 radical (unpaired) electrons. The van der Waals surface area contributed by atoms with Gasteiger partial charge in [-0.25, -0.2) is 0 Å². The van der Waals surface area contributed by atoms with Crippen LogP contribution in [-0.2, 0) is 15.9 Å². The summed E-state index contributed by atoms with van der Waals surface area (Å²) in [7, 11) is 0. The molecule has 4 nitrogen and oxygen atoms in total. The summed E-state index contributed by atoms with van der Waals surface area (Å²) in [6.45, 7) is 4.77. The molecular weight excluding hydrogens is 304 g/mol. The molecule has 2 aliphatic heterocycles. The third kappa shape index (κ3) is 4.90. The van der Waals surface area contributed by atoms with Gasteiger partial charge < -0.3 is 18.9 Å². The van der Waals surface area contributed by atoms with Crippen molar-refractivity contribution in [3.8, 4) is 23.3 Å². The van der Waals surface area contributed by atoms with E-state index in [4.69, 9.17) is 18.9 Å². The maximum absolute atomic E-state index is 5.66. The molecule has 1 atom stereocenters. The van der Waals surface area contributed by atoms with Crippen LogP contribution in [0.2, 0.25) is 0 Å². The average molecular weight is 330 g/mol. The second-order valence-corrected chi connectivity index (χ2v) is 6.74. The van der Waals surface area contributed by atoms with E-state index in [1.807, 2.05) is 19.9 Å². The van der Waals surface area contributed by atoms with Crippen LogP contribution in [-0.4, -0.2) is 25.3 Å². The number of benzene rings is 1. The van der Waals surface area contributed by atoms with E-state index in [-0.39, 0.29) is 6.10 Å². The zero-order valence-electron chi connectivity index (χ0n) is 14.6. The Morgan fingerprint density at radius 3 is 2.75 bits per heavy atom. The molecule has 1 saturated heterocycles. The normalized spacial score (nSPS) is 20.7. The summed E-state index contributed by atoms with van der Waals surface area (Å²) in [5, 5.41) is 0. The fourth-order valence-corrected chi connectivity index (χ4v) is 2.94. The monoisotopic (exact) mass is 330 g/mol. The van der Waals surface area contributed by atoms with Crippen LogP contribution in [0.1, 0.15) is 51.5 Å². The molecule has 2 aliphatic rings. The van der Waals surface area contributed by atoms with Crippen LogP contribution in [0, 0.1) is 11.8 Å². The summed E-state index contributed by atoms with van der Waals surface area (Å²) in [5.41, 5.74) is 1.32. The minimum Gasteiger partial charge on any atom is -0.454 e. The van der Waals surface area contributed by atoms with Crippen LogP contribution in [0.3, 0.4) is 0 Å². The van der Waals surface area contributed by atoms with Crippen molar-refractivity contribution in [3.05, 3.63) is 23.8 Å². The Balaban J connectivity index is 1.26. The topological polar surface area (TPSA) is 36.9 Å². The van der Waals surface area contributed by atoms with Gasteiger partial charge in [0.1, 0.15) is 6.10 Å². The lowest BCUT2D eigenvalue weighted by Crippen LogP contribution is -2.20. The SMILES string of the molecule is CC1(C)OC[C@H](C#CCCCCCCc2ccc3c(c2)OCO3)O1. The Bertz CT molecular complexity index is 612.